The van der Waals surface area contributed by atoms with E-state index in [1.807, 2.05) is 72.8 Å². The predicted octanol–water partition coefficient (Wildman–Crippen LogP) is 4.51. The van der Waals surface area contributed by atoms with Crippen molar-refractivity contribution < 1.29 is 19.0 Å². The Hall–Kier alpha value is -3.67. The Balaban J connectivity index is 1.74. The maximum absolute atomic E-state index is 12.8. The van der Waals surface area contributed by atoms with Gasteiger partial charge in [0.2, 0.25) is 11.7 Å². The van der Waals surface area contributed by atoms with E-state index in [0.717, 1.165) is 16.9 Å². The molecule has 1 amide bonds. The molecular weight excluding hydrogens is 380 g/mol. The van der Waals surface area contributed by atoms with Crippen LogP contribution in [0.2, 0.25) is 0 Å². The standard InChI is InChI=1S/C24H26N2O4/c1-28-21-16-18(17-22(29-2)24(21)30-3)14-15-23(27)25-26(19-10-6-4-7-11-19)20-12-8-5-9-13-20/h4-13,16-17H,14-15H2,1-3H3,(H,25,27). The molecule has 0 aliphatic carbocycles. The lowest BCUT2D eigenvalue weighted by Crippen LogP contribution is -2.39. The van der Waals surface area contributed by atoms with Crippen LogP contribution in [0.4, 0.5) is 11.4 Å². The molecule has 3 rings (SSSR count). The largest absolute Gasteiger partial charge is 0.493 e. The summed E-state index contributed by atoms with van der Waals surface area (Å²) in [5.41, 5.74) is 5.69. The molecule has 0 bridgehead atoms. The van der Waals surface area contributed by atoms with Gasteiger partial charge in [-0.3, -0.25) is 15.2 Å². The van der Waals surface area contributed by atoms with E-state index in [4.69, 9.17) is 14.2 Å². The van der Waals surface area contributed by atoms with Crippen molar-refractivity contribution in [3.63, 3.8) is 0 Å². The van der Waals surface area contributed by atoms with E-state index in [9.17, 15) is 4.79 Å². The van der Waals surface area contributed by atoms with E-state index in [1.165, 1.54) is 0 Å². The lowest BCUT2D eigenvalue weighted by Gasteiger charge is -2.25. The van der Waals surface area contributed by atoms with Gasteiger partial charge < -0.3 is 14.2 Å². The average molecular weight is 406 g/mol. The highest BCUT2D eigenvalue weighted by atomic mass is 16.5. The molecule has 0 aliphatic rings. The van der Waals surface area contributed by atoms with Crippen LogP contribution in [0, 0.1) is 0 Å². The molecule has 6 heteroatoms. The average Bonchev–Trinajstić information content (AvgIpc) is 2.81. The van der Waals surface area contributed by atoms with E-state index >= 15 is 0 Å². The third-order valence-electron chi connectivity index (χ3n) is 4.63. The summed E-state index contributed by atoms with van der Waals surface area (Å²) in [7, 11) is 4.71. The molecular formula is C24H26N2O4. The number of carbonyl (C=O) groups excluding carboxylic acids is 1. The molecule has 0 aromatic heterocycles. The van der Waals surface area contributed by atoms with Crippen LogP contribution in [0.1, 0.15) is 12.0 Å². The van der Waals surface area contributed by atoms with Crippen molar-refractivity contribution in [1.82, 2.24) is 5.43 Å². The van der Waals surface area contributed by atoms with E-state index in [-0.39, 0.29) is 5.91 Å². The Kier molecular flexibility index (Phi) is 7.16. The highest BCUT2D eigenvalue weighted by Gasteiger charge is 2.16. The smallest absolute Gasteiger partial charge is 0.239 e. The molecule has 0 heterocycles. The fourth-order valence-corrected chi connectivity index (χ4v) is 3.15. The van der Waals surface area contributed by atoms with Crippen molar-refractivity contribution in [2.45, 2.75) is 12.8 Å². The van der Waals surface area contributed by atoms with Crippen molar-refractivity contribution in [3.05, 3.63) is 78.4 Å². The van der Waals surface area contributed by atoms with Crippen LogP contribution >= 0.6 is 0 Å². The van der Waals surface area contributed by atoms with Gasteiger partial charge >= 0.3 is 0 Å². The second-order valence-electron chi connectivity index (χ2n) is 6.58. The number of rotatable bonds is 9. The number of carbonyl (C=O) groups is 1. The second-order valence-corrected chi connectivity index (χ2v) is 6.58. The first kappa shape index (κ1) is 21.0. The van der Waals surface area contributed by atoms with Gasteiger partial charge in [-0.15, -0.1) is 0 Å². The first-order chi connectivity index (χ1) is 14.7. The SMILES string of the molecule is COc1cc(CCC(=O)NN(c2ccccc2)c2ccccc2)cc(OC)c1OC. The van der Waals surface area contributed by atoms with Crippen LogP contribution in [0.5, 0.6) is 17.2 Å². The molecule has 0 saturated carbocycles. The van der Waals surface area contributed by atoms with Gasteiger partial charge in [-0.25, -0.2) is 0 Å². The van der Waals surface area contributed by atoms with Crippen molar-refractivity contribution in [1.29, 1.82) is 0 Å². The van der Waals surface area contributed by atoms with E-state index in [1.54, 1.807) is 26.3 Å². The third-order valence-corrected chi connectivity index (χ3v) is 4.63. The monoisotopic (exact) mass is 406 g/mol. The summed E-state index contributed by atoms with van der Waals surface area (Å²) in [5.74, 6) is 1.58. The zero-order chi connectivity index (χ0) is 21.3. The van der Waals surface area contributed by atoms with Gasteiger partial charge in [-0.05, 0) is 48.4 Å². The van der Waals surface area contributed by atoms with Crippen molar-refractivity contribution in [2.24, 2.45) is 0 Å². The number of hydrazine groups is 1. The molecule has 30 heavy (non-hydrogen) atoms. The molecule has 0 spiro atoms. The number of nitrogens with one attached hydrogen (secondary N) is 1. The number of nitrogens with zero attached hydrogens (tertiary/aromatic N) is 1. The number of benzene rings is 3. The predicted molar refractivity (Wildman–Crippen MR) is 118 cm³/mol. The molecule has 0 fully saturated rings. The minimum Gasteiger partial charge on any atom is -0.493 e. The Bertz CT molecular complexity index is 897. The summed E-state index contributed by atoms with van der Waals surface area (Å²) in [4.78, 5) is 12.8. The number of para-hydroxylation sites is 2. The molecule has 1 N–H and O–H groups in total. The number of aryl methyl sites for hydroxylation is 1. The number of methoxy groups -OCH3 is 3. The van der Waals surface area contributed by atoms with Gasteiger partial charge in [0.25, 0.3) is 0 Å². The summed E-state index contributed by atoms with van der Waals surface area (Å²) in [6, 6.07) is 23.2. The first-order valence-corrected chi connectivity index (χ1v) is 9.65. The molecule has 156 valence electrons. The first-order valence-electron chi connectivity index (χ1n) is 9.65. The maximum Gasteiger partial charge on any atom is 0.239 e. The van der Waals surface area contributed by atoms with Crippen LogP contribution in [0.25, 0.3) is 0 Å². The topological polar surface area (TPSA) is 60.0 Å². The lowest BCUT2D eigenvalue weighted by molar-refractivity contribution is -0.121. The number of hydrogen-bond acceptors (Lipinski definition) is 5. The zero-order valence-electron chi connectivity index (χ0n) is 17.4. The summed E-state index contributed by atoms with van der Waals surface area (Å²) >= 11 is 0. The summed E-state index contributed by atoms with van der Waals surface area (Å²) in [5, 5.41) is 1.79. The number of hydrogen-bond donors (Lipinski definition) is 1. The lowest BCUT2D eigenvalue weighted by atomic mass is 10.1. The van der Waals surface area contributed by atoms with Gasteiger partial charge in [-0.2, -0.15) is 0 Å². The Labute approximate surface area is 177 Å². The second kappa shape index (κ2) is 10.2. The van der Waals surface area contributed by atoms with Crippen LogP contribution in [0.15, 0.2) is 72.8 Å². The van der Waals surface area contributed by atoms with Gasteiger partial charge in [0.05, 0.1) is 32.7 Å². The van der Waals surface area contributed by atoms with Gasteiger partial charge in [0.1, 0.15) is 0 Å². The molecule has 0 aliphatic heterocycles. The van der Waals surface area contributed by atoms with Crippen LogP contribution in [-0.4, -0.2) is 27.2 Å². The highest BCUT2D eigenvalue weighted by Crippen LogP contribution is 2.38. The fourth-order valence-electron chi connectivity index (χ4n) is 3.15. The maximum atomic E-state index is 12.8. The molecule has 0 radical (unpaired) electrons. The minimum absolute atomic E-state index is 0.101. The molecule has 6 nitrogen and oxygen atoms in total. The molecule has 0 saturated heterocycles. The highest BCUT2D eigenvalue weighted by molar-refractivity contribution is 5.81. The van der Waals surface area contributed by atoms with E-state index in [0.29, 0.717) is 30.1 Å². The quantitative estimate of drug-likeness (QED) is 0.530. The van der Waals surface area contributed by atoms with Gasteiger partial charge in [0.15, 0.2) is 11.5 Å². The van der Waals surface area contributed by atoms with Crippen molar-refractivity contribution >= 4 is 17.3 Å². The minimum atomic E-state index is -0.101. The Morgan fingerprint density at radius 3 is 1.73 bits per heavy atom. The summed E-state index contributed by atoms with van der Waals surface area (Å²) in [6.45, 7) is 0. The van der Waals surface area contributed by atoms with Crippen LogP contribution in [0.3, 0.4) is 0 Å². The van der Waals surface area contributed by atoms with Crippen LogP contribution in [-0.2, 0) is 11.2 Å². The summed E-state index contributed by atoms with van der Waals surface area (Å²) < 4.78 is 16.1. The molecule has 0 unspecified atom stereocenters. The van der Waals surface area contributed by atoms with E-state index in [2.05, 4.69) is 5.43 Å². The van der Waals surface area contributed by atoms with Crippen molar-refractivity contribution in [3.8, 4) is 17.2 Å². The van der Waals surface area contributed by atoms with Crippen LogP contribution < -0.4 is 24.6 Å². The normalized spacial score (nSPS) is 10.2. The third kappa shape index (κ3) is 5.03. The molecule has 3 aromatic carbocycles. The number of ether oxygens (including phenoxy) is 3. The molecule has 3 aromatic rings. The van der Waals surface area contributed by atoms with Gasteiger partial charge in [0, 0.05) is 6.42 Å². The molecule has 0 atom stereocenters. The Morgan fingerprint density at radius 2 is 1.30 bits per heavy atom. The zero-order valence-corrected chi connectivity index (χ0v) is 17.4. The van der Waals surface area contributed by atoms with E-state index < -0.39 is 0 Å². The van der Waals surface area contributed by atoms with Gasteiger partial charge in [-0.1, -0.05) is 36.4 Å². The Morgan fingerprint density at radius 1 is 0.800 bits per heavy atom. The van der Waals surface area contributed by atoms with Crippen molar-refractivity contribution in [2.75, 3.05) is 26.3 Å². The summed E-state index contributed by atoms with van der Waals surface area (Å²) in [6.07, 6.45) is 0.828. The fraction of sp³-hybridized carbons (Fsp3) is 0.208. The number of anilines is 2. The number of amides is 1.